The molecule has 0 aromatic heterocycles. The number of benzene rings is 1. The lowest BCUT2D eigenvalue weighted by atomic mass is 10.1. The van der Waals surface area contributed by atoms with Crippen molar-refractivity contribution in [2.75, 3.05) is 20.1 Å². The smallest absolute Gasteiger partial charge is 0.410 e. The molecule has 0 N–H and O–H groups in total. The minimum absolute atomic E-state index is 0.0177. The van der Waals surface area contributed by atoms with Crippen LogP contribution < -0.4 is 0 Å². The molecule has 1 amide bonds. The summed E-state index contributed by atoms with van der Waals surface area (Å²) >= 11 is 0. The van der Waals surface area contributed by atoms with E-state index in [4.69, 9.17) is 4.74 Å². The number of piperidine rings is 1. The van der Waals surface area contributed by atoms with Crippen LogP contribution in [0.15, 0.2) is 24.3 Å². The van der Waals surface area contributed by atoms with Crippen LogP contribution in [0.1, 0.15) is 44.7 Å². The molecule has 0 saturated carbocycles. The SMILES string of the molecule is Cc1ccc(CS(=O)(=O)N2CCC[C@H](N(C)C(=O)OC(C)(C)C)C2)cc1. The predicted octanol–water partition coefficient (Wildman–Crippen LogP) is 3.16. The first kappa shape index (κ1) is 20.7. The van der Waals surface area contributed by atoms with E-state index in [-0.39, 0.29) is 11.8 Å². The molecular weight excluding hydrogens is 352 g/mol. The van der Waals surface area contributed by atoms with Crippen molar-refractivity contribution in [2.45, 2.75) is 57.9 Å². The summed E-state index contributed by atoms with van der Waals surface area (Å²) in [7, 11) is -1.75. The van der Waals surface area contributed by atoms with Gasteiger partial charge in [0.2, 0.25) is 10.0 Å². The first-order valence-electron chi connectivity index (χ1n) is 8.97. The highest BCUT2D eigenvalue weighted by molar-refractivity contribution is 7.88. The minimum Gasteiger partial charge on any atom is -0.444 e. The molecule has 1 aliphatic heterocycles. The van der Waals surface area contributed by atoms with E-state index in [0.29, 0.717) is 13.1 Å². The van der Waals surface area contributed by atoms with E-state index < -0.39 is 21.7 Å². The van der Waals surface area contributed by atoms with Crippen LogP contribution in [0.25, 0.3) is 0 Å². The summed E-state index contributed by atoms with van der Waals surface area (Å²) in [5, 5.41) is 0. The lowest BCUT2D eigenvalue weighted by Gasteiger charge is -2.37. The van der Waals surface area contributed by atoms with Crippen LogP contribution in [0.2, 0.25) is 0 Å². The highest BCUT2D eigenvalue weighted by Gasteiger charge is 2.33. The van der Waals surface area contributed by atoms with Crippen molar-refractivity contribution < 1.29 is 17.9 Å². The molecule has 0 radical (unpaired) electrons. The second-order valence-electron chi connectivity index (χ2n) is 7.99. The van der Waals surface area contributed by atoms with Gasteiger partial charge in [-0.3, -0.25) is 0 Å². The molecule has 1 fully saturated rings. The normalized spacial score (nSPS) is 19.2. The van der Waals surface area contributed by atoms with Gasteiger partial charge in [-0.1, -0.05) is 29.8 Å². The first-order chi connectivity index (χ1) is 12.0. The standard InChI is InChI=1S/C19H30N2O4S/c1-15-8-10-16(11-9-15)14-26(23,24)21-12-6-7-17(13-21)20(5)18(22)25-19(2,3)4/h8-11,17H,6-7,12-14H2,1-5H3/t17-/m0/s1. The third kappa shape index (κ3) is 5.71. The number of amides is 1. The van der Waals surface area contributed by atoms with Gasteiger partial charge in [0.15, 0.2) is 0 Å². The van der Waals surface area contributed by atoms with Crippen molar-refractivity contribution in [1.82, 2.24) is 9.21 Å². The molecule has 6 nitrogen and oxygen atoms in total. The second-order valence-corrected chi connectivity index (χ2v) is 9.96. The number of carbonyl (C=O) groups is 1. The third-order valence-electron chi connectivity index (χ3n) is 4.45. The maximum Gasteiger partial charge on any atom is 0.410 e. The lowest BCUT2D eigenvalue weighted by Crippen LogP contribution is -2.51. The van der Waals surface area contributed by atoms with Crippen LogP contribution in [0.3, 0.4) is 0 Å². The first-order valence-corrected chi connectivity index (χ1v) is 10.6. The Bertz CT molecular complexity index is 723. The molecule has 1 atom stereocenters. The van der Waals surface area contributed by atoms with Crippen molar-refractivity contribution >= 4 is 16.1 Å². The predicted molar refractivity (Wildman–Crippen MR) is 102 cm³/mol. The number of sulfonamides is 1. The summed E-state index contributed by atoms with van der Waals surface area (Å²) in [6.45, 7) is 8.23. The molecular formula is C19H30N2O4S. The van der Waals surface area contributed by atoms with Crippen molar-refractivity contribution in [2.24, 2.45) is 0 Å². The topological polar surface area (TPSA) is 66.9 Å². The fourth-order valence-electron chi connectivity index (χ4n) is 2.96. The molecule has 0 unspecified atom stereocenters. The number of hydrogen-bond donors (Lipinski definition) is 0. The fraction of sp³-hybridized carbons (Fsp3) is 0.632. The molecule has 1 aromatic carbocycles. The van der Waals surface area contributed by atoms with Gasteiger partial charge in [0.1, 0.15) is 5.60 Å². The summed E-state index contributed by atoms with van der Waals surface area (Å²) in [4.78, 5) is 13.8. The maximum absolute atomic E-state index is 12.8. The number of rotatable bonds is 4. The largest absolute Gasteiger partial charge is 0.444 e. The molecule has 0 spiro atoms. The summed E-state index contributed by atoms with van der Waals surface area (Å²) in [5.74, 6) is -0.0177. The second kappa shape index (κ2) is 7.96. The minimum atomic E-state index is -3.42. The lowest BCUT2D eigenvalue weighted by molar-refractivity contribution is 0.0173. The highest BCUT2D eigenvalue weighted by atomic mass is 32.2. The van der Waals surface area contributed by atoms with E-state index in [2.05, 4.69) is 0 Å². The summed E-state index contributed by atoms with van der Waals surface area (Å²) < 4.78 is 32.5. The zero-order valence-corrected chi connectivity index (χ0v) is 17.2. The molecule has 1 saturated heterocycles. The van der Waals surface area contributed by atoms with Crippen molar-refractivity contribution in [3.05, 3.63) is 35.4 Å². The molecule has 7 heteroatoms. The van der Waals surface area contributed by atoms with Crippen LogP contribution in [0.4, 0.5) is 4.79 Å². The Hall–Kier alpha value is -1.60. The number of nitrogens with zero attached hydrogens (tertiary/aromatic N) is 2. The monoisotopic (exact) mass is 382 g/mol. The van der Waals surface area contributed by atoms with Gasteiger partial charge in [-0.15, -0.1) is 0 Å². The number of ether oxygens (including phenoxy) is 1. The van der Waals surface area contributed by atoms with E-state index in [1.807, 2.05) is 52.0 Å². The van der Waals surface area contributed by atoms with E-state index in [9.17, 15) is 13.2 Å². The molecule has 1 aromatic rings. The Morgan fingerprint density at radius 2 is 1.88 bits per heavy atom. The van der Waals surface area contributed by atoms with Crippen LogP contribution in [0.5, 0.6) is 0 Å². The molecule has 26 heavy (non-hydrogen) atoms. The van der Waals surface area contributed by atoms with E-state index in [1.165, 1.54) is 9.21 Å². The van der Waals surface area contributed by atoms with Crippen LogP contribution >= 0.6 is 0 Å². The number of hydrogen-bond acceptors (Lipinski definition) is 4. The van der Waals surface area contributed by atoms with Gasteiger partial charge < -0.3 is 9.64 Å². The Morgan fingerprint density at radius 1 is 1.27 bits per heavy atom. The van der Waals surface area contributed by atoms with Gasteiger partial charge in [0.05, 0.1) is 5.75 Å². The third-order valence-corrected chi connectivity index (χ3v) is 6.27. The van der Waals surface area contributed by atoms with Gasteiger partial charge in [-0.05, 0) is 46.1 Å². The van der Waals surface area contributed by atoms with E-state index in [0.717, 1.165) is 24.0 Å². The van der Waals surface area contributed by atoms with Gasteiger partial charge in [0.25, 0.3) is 0 Å². The van der Waals surface area contributed by atoms with Crippen molar-refractivity contribution in [3.63, 3.8) is 0 Å². The van der Waals surface area contributed by atoms with Crippen LogP contribution in [-0.2, 0) is 20.5 Å². The summed E-state index contributed by atoms with van der Waals surface area (Å²) in [6, 6.07) is 7.36. The number of carbonyl (C=O) groups excluding carboxylic acids is 1. The summed E-state index contributed by atoms with van der Waals surface area (Å²) in [6.07, 6.45) is 1.08. The molecule has 1 aliphatic rings. The fourth-order valence-corrected chi connectivity index (χ4v) is 4.56. The van der Waals surface area contributed by atoms with Gasteiger partial charge in [-0.2, -0.15) is 4.31 Å². The number of aryl methyl sites for hydroxylation is 1. The molecule has 1 heterocycles. The van der Waals surface area contributed by atoms with Crippen molar-refractivity contribution in [3.8, 4) is 0 Å². The average Bonchev–Trinajstić information content (AvgIpc) is 2.54. The van der Waals surface area contributed by atoms with Crippen molar-refractivity contribution in [1.29, 1.82) is 0 Å². The zero-order chi connectivity index (χ0) is 19.5. The van der Waals surface area contributed by atoms with Gasteiger partial charge in [0, 0.05) is 26.2 Å². The number of likely N-dealkylation sites (N-methyl/N-ethyl adjacent to an activating group) is 1. The molecule has 0 bridgehead atoms. The zero-order valence-electron chi connectivity index (χ0n) is 16.4. The summed E-state index contributed by atoms with van der Waals surface area (Å²) in [5.41, 5.74) is 1.30. The van der Waals surface area contributed by atoms with Crippen LogP contribution in [0, 0.1) is 6.92 Å². The maximum atomic E-state index is 12.8. The molecule has 2 rings (SSSR count). The van der Waals surface area contributed by atoms with Crippen LogP contribution in [-0.4, -0.2) is 55.5 Å². The Balaban J connectivity index is 2.04. The van der Waals surface area contributed by atoms with E-state index in [1.54, 1.807) is 7.05 Å². The van der Waals surface area contributed by atoms with Gasteiger partial charge in [-0.25, -0.2) is 13.2 Å². The Morgan fingerprint density at radius 3 is 2.46 bits per heavy atom. The van der Waals surface area contributed by atoms with Gasteiger partial charge >= 0.3 is 6.09 Å². The Labute approximate surface area is 157 Å². The Kier molecular flexibility index (Phi) is 6.34. The quantitative estimate of drug-likeness (QED) is 0.802. The average molecular weight is 383 g/mol. The highest BCUT2D eigenvalue weighted by Crippen LogP contribution is 2.22. The van der Waals surface area contributed by atoms with E-state index >= 15 is 0 Å². The molecule has 146 valence electrons. The molecule has 0 aliphatic carbocycles.